The van der Waals surface area contributed by atoms with Gasteiger partial charge in [0.25, 0.3) is 6.26 Å². The lowest BCUT2D eigenvalue weighted by Crippen LogP contribution is -2.56. The number of aliphatic hydroxyl groups excluding tert-OH is 1. The summed E-state index contributed by atoms with van der Waals surface area (Å²) in [4.78, 5) is 11.0. The maximum Gasteiger partial charge on any atom is 0.329 e. The molecule has 32 atom stereocenters. The van der Waals surface area contributed by atoms with E-state index in [1.54, 1.807) is 28.5 Å². The highest BCUT2D eigenvalue weighted by Gasteiger charge is 2.70. The lowest BCUT2D eigenvalue weighted by atomic mass is 9.41. The highest BCUT2D eigenvalue weighted by atomic mass is 16.5. The van der Waals surface area contributed by atoms with Gasteiger partial charge in [0.2, 0.25) is 0 Å². The zero-order valence-corrected chi connectivity index (χ0v) is 89.2. The van der Waals surface area contributed by atoms with Crippen molar-refractivity contribution in [3.8, 4) is 6.26 Å². The standard InChI is InChI=1S/C32H53NO2.C31H55NO.C30H50O3.C28H48O/c1-23(2)9-7-10-24(3)27-11-12-28-31(27,5)18-15-29-30(4)17-14-26(35-20-8-19-34-22-33)21-25(30)13-16-32(28,29)6;1-22(2)9-7-10-23(3)26-11-12-27-30(26,5)18-15-28-29(4)17-14-25(33-20-8-19-32)21-24(29)13-16-31(27,28)6;1-20(2)8-7-9-21(3)24-10-11-25-29(24,5)17-14-26-28(4)16-13-23(33-19-27(31)32)18-22(28)12-15-30(25,26)6;1-19(2)8-7-9-20(3)23-10-11-24-27(23,5)17-14-25-26(4)16-13-22(29)18-21(26)12-15-28(24,25)6/h13,23-24,26-29H,7-12,14-21H2,1-6H3;13,22-23,25-28H,7-12,14-21,32H2,1-6H3;12,20-21,23-26H,7-11,13-19H2,1-6H3,(H,31,32);12,19-20,22-25,29H,7-11,13-18H2,1-6H3/t24-,26+,27-,28-,29-,30+,31-,32+;23-,25+,26-,27-,28-,29+,30-,31+;21-,23+,24-,25-,26-,28+,29-,30+;20-,22+,23-,24-,25-,26+,27-,28+/m1111/s1. The average Bonchev–Trinajstić information content (AvgIpc) is 1.46. The van der Waals surface area contributed by atoms with Gasteiger partial charge in [-0.05, 0) is 402 Å². The molecule has 0 amide bonds. The van der Waals surface area contributed by atoms with Crippen LogP contribution >= 0.6 is 0 Å². The van der Waals surface area contributed by atoms with Gasteiger partial charge in [0.15, 0.2) is 0 Å². The second-order valence-corrected chi connectivity index (χ2v) is 54.3. The molecule has 0 unspecified atom stereocenters. The molecule has 16 rings (SSSR count). The van der Waals surface area contributed by atoms with Crippen molar-refractivity contribution in [2.45, 2.75) is 486 Å². The van der Waals surface area contributed by atoms with E-state index >= 15 is 0 Å². The Hall–Kier alpha value is -2.48. The van der Waals surface area contributed by atoms with E-state index in [0.717, 1.165) is 183 Å². The third-order valence-electron chi connectivity index (χ3n) is 45.3. The van der Waals surface area contributed by atoms with Crippen molar-refractivity contribution in [2.75, 3.05) is 33.0 Å². The molecule has 12 fully saturated rings. The van der Waals surface area contributed by atoms with Crippen LogP contribution in [0.1, 0.15) is 462 Å². The Kier molecular flexibility index (Phi) is 34.3. The van der Waals surface area contributed by atoms with E-state index in [4.69, 9.17) is 35.0 Å². The van der Waals surface area contributed by atoms with Crippen LogP contribution in [0.15, 0.2) is 46.6 Å². The quantitative estimate of drug-likeness (QED) is 0.0341. The van der Waals surface area contributed by atoms with Gasteiger partial charge in [-0.1, -0.05) is 290 Å². The third-order valence-corrected chi connectivity index (χ3v) is 45.3. The SMILES string of the molecule is CC(C)CCC[C@@H](C)[C@H]1CC[C@@H]2[C@]1(C)CC[C@H]1[C@@]2(C)CC=C2C[C@@H](O)CC[C@@]21C.CC(C)CCC[C@@H](C)[C@H]1CC[C@@H]2[C@]1(C)CC[C@H]1[C@@]2(C)CC=C2C[C@@H](OCC(=O)O)CC[C@@]21C.CC(C)CCC[C@@H](C)[C@H]1CC[C@@H]2[C@]1(C)CC[C@H]1[C@@]2(C)CC=C2C[C@@H](OCCCN)CC[C@@]21C.CC(C)CCC[C@@H](C)[C@H]1CC[C@@H]2[C@]1(C)CC[C@H]1[C@@]2(C)CC=C2C[C@@H](OCCCOC#N)CC[C@@]21C. The van der Waals surface area contributed by atoms with Crippen molar-refractivity contribution in [2.24, 2.45) is 189 Å². The normalized spacial score (nSPS) is 43.9. The molecule has 16 aliphatic rings. The number of hydrogen-bond acceptors (Lipinski definition) is 8. The number of allylic oxidation sites excluding steroid dienone is 4. The van der Waals surface area contributed by atoms with Crippen LogP contribution in [0.3, 0.4) is 0 Å². The van der Waals surface area contributed by atoms with Crippen LogP contribution in [0.5, 0.6) is 0 Å². The molecule has 0 heterocycles. The van der Waals surface area contributed by atoms with Crippen molar-refractivity contribution in [1.82, 2.24) is 0 Å². The monoisotopic (exact) mass is 1800 g/mol. The summed E-state index contributed by atoms with van der Waals surface area (Å²) >= 11 is 0. The second-order valence-electron chi connectivity index (χ2n) is 54.3. The van der Waals surface area contributed by atoms with E-state index in [-0.39, 0.29) is 24.2 Å². The first kappa shape index (κ1) is 105. The number of ether oxygens (including phenoxy) is 4. The Morgan fingerprint density at radius 2 is 0.623 bits per heavy atom. The lowest BCUT2D eigenvalue weighted by Gasteiger charge is -2.63. The highest BCUT2D eigenvalue weighted by molar-refractivity contribution is 5.68. The molecular weight excluding hydrogens is 1590 g/mol. The van der Waals surface area contributed by atoms with Gasteiger partial charge in [0.1, 0.15) is 13.2 Å². The van der Waals surface area contributed by atoms with Gasteiger partial charge in [-0.2, -0.15) is 5.26 Å². The summed E-state index contributed by atoms with van der Waals surface area (Å²) in [5, 5.41) is 27.8. The van der Waals surface area contributed by atoms with E-state index in [1.807, 2.05) is 0 Å². The van der Waals surface area contributed by atoms with Gasteiger partial charge >= 0.3 is 5.97 Å². The van der Waals surface area contributed by atoms with E-state index in [2.05, 4.69) is 190 Å². The van der Waals surface area contributed by atoms with Gasteiger partial charge in [0, 0.05) is 13.0 Å². The van der Waals surface area contributed by atoms with Gasteiger partial charge in [0.05, 0.1) is 31.0 Å². The predicted octanol–water partition coefficient (Wildman–Crippen LogP) is 32.5. The van der Waals surface area contributed by atoms with Crippen molar-refractivity contribution >= 4 is 5.97 Å². The van der Waals surface area contributed by atoms with Crippen molar-refractivity contribution < 1.29 is 34.0 Å². The third kappa shape index (κ3) is 20.7. The van der Waals surface area contributed by atoms with Crippen LogP contribution in [-0.2, 0) is 23.7 Å². The number of aliphatic hydroxyl groups is 1. The number of nitrogens with two attached hydrogens (primary N) is 1. The molecule has 9 nitrogen and oxygen atoms in total. The van der Waals surface area contributed by atoms with Crippen molar-refractivity contribution in [1.29, 1.82) is 5.26 Å². The summed E-state index contributed by atoms with van der Waals surface area (Å²) < 4.78 is 23.0. The number of hydrogen-bond donors (Lipinski definition) is 3. The highest BCUT2D eigenvalue weighted by Crippen LogP contribution is 2.78. The molecule has 0 radical (unpaired) electrons. The van der Waals surface area contributed by atoms with Crippen LogP contribution in [0.4, 0.5) is 0 Å². The van der Waals surface area contributed by atoms with Gasteiger partial charge in [-0.15, -0.1) is 0 Å². The van der Waals surface area contributed by atoms with Gasteiger partial charge in [-0.25, -0.2) is 4.79 Å². The van der Waals surface area contributed by atoms with Crippen LogP contribution < -0.4 is 5.73 Å². The first-order chi connectivity index (χ1) is 61.4. The van der Waals surface area contributed by atoms with E-state index in [0.29, 0.717) is 85.0 Å². The molecular formula is C121H206N2O7. The summed E-state index contributed by atoms with van der Waals surface area (Å²) in [6.45, 7) is 63.8. The van der Waals surface area contributed by atoms with Crippen LogP contribution in [0, 0.1) is 195 Å². The molecule has 9 heteroatoms. The van der Waals surface area contributed by atoms with Crippen molar-refractivity contribution in [3.63, 3.8) is 0 Å². The Morgan fingerprint density at radius 1 is 0.346 bits per heavy atom. The maximum atomic E-state index is 11.0. The van der Waals surface area contributed by atoms with E-state index in [1.165, 1.54) is 244 Å². The molecule has 0 aromatic rings. The number of nitrogens with zero attached hydrogens (tertiary/aromatic N) is 1. The Labute approximate surface area is 801 Å². The van der Waals surface area contributed by atoms with Crippen LogP contribution in [0.2, 0.25) is 0 Å². The smallest absolute Gasteiger partial charge is 0.329 e. The fourth-order valence-electron chi connectivity index (χ4n) is 38.6. The van der Waals surface area contributed by atoms with E-state index < -0.39 is 5.97 Å². The molecule has 16 aliphatic carbocycles. The first-order valence-corrected chi connectivity index (χ1v) is 56.6. The molecule has 0 aliphatic heterocycles. The Morgan fingerprint density at radius 3 is 0.900 bits per heavy atom. The van der Waals surface area contributed by atoms with Crippen molar-refractivity contribution in [3.05, 3.63) is 46.6 Å². The molecule has 130 heavy (non-hydrogen) atoms. The molecule has 742 valence electrons. The minimum Gasteiger partial charge on any atom is -0.480 e. The lowest BCUT2D eigenvalue weighted by molar-refractivity contribution is -0.146. The van der Waals surface area contributed by atoms with Crippen LogP contribution in [-0.4, -0.2) is 73.6 Å². The fourth-order valence-corrected chi connectivity index (χ4v) is 38.6. The fraction of sp³-hybridized carbons (Fsp3) is 0.917. The van der Waals surface area contributed by atoms with Crippen LogP contribution in [0.25, 0.3) is 0 Å². The summed E-state index contributed by atoms with van der Waals surface area (Å²) in [6, 6.07) is 0. The van der Waals surface area contributed by atoms with Gasteiger partial charge in [-0.3, -0.25) is 0 Å². The zero-order chi connectivity index (χ0) is 94.2. The molecule has 0 spiro atoms. The summed E-state index contributed by atoms with van der Waals surface area (Å²) in [5.74, 6) is 16.5. The number of fused-ring (bicyclic) bond motifs is 20. The zero-order valence-electron chi connectivity index (χ0n) is 89.2. The summed E-state index contributed by atoms with van der Waals surface area (Å²) in [7, 11) is 0. The number of carboxylic acids is 1. The number of carbonyl (C=O) groups is 1. The number of nitriles is 1. The molecule has 0 bridgehead atoms. The summed E-state index contributed by atoms with van der Waals surface area (Å²) in [5.41, 5.74) is 17.7. The Balaban J connectivity index is 0.000000148. The minimum absolute atomic E-state index is 0.0844. The topological polar surface area (TPSA) is 144 Å². The molecule has 0 saturated heterocycles. The average molecular weight is 1800 g/mol. The molecule has 4 N–H and O–H groups in total. The number of aliphatic carboxylic acids is 1. The number of carboxylic acid groups (broad SMARTS) is 1. The van der Waals surface area contributed by atoms with E-state index in [9.17, 15) is 9.90 Å². The Bertz CT molecular complexity index is 3860. The molecule has 12 saturated carbocycles. The predicted molar refractivity (Wildman–Crippen MR) is 543 cm³/mol. The summed E-state index contributed by atoms with van der Waals surface area (Å²) in [6.07, 6.45) is 73.5. The minimum atomic E-state index is -0.852. The number of rotatable bonds is 32. The molecule has 0 aromatic heterocycles. The molecule has 0 aromatic carbocycles. The largest absolute Gasteiger partial charge is 0.480 e. The first-order valence-electron chi connectivity index (χ1n) is 56.6. The second kappa shape index (κ2) is 42.5. The maximum absolute atomic E-state index is 11.0. The van der Waals surface area contributed by atoms with Gasteiger partial charge < -0.3 is 34.9 Å².